The van der Waals surface area contributed by atoms with Crippen LogP contribution in [-0.2, 0) is 11.8 Å². The van der Waals surface area contributed by atoms with Crippen LogP contribution in [0.3, 0.4) is 0 Å². The lowest BCUT2D eigenvalue weighted by Crippen LogP contribution is -2.37. The Labute approximate surface area is 122 Å². The summed E-state index contributed by atoms with van der Waals surface area (Å²) in [6.45, 7) is 1.27. The van der Waals surface area contributed by atoms with E-state index in [1.165, 1.54) is 12.1 Å². The van der Waals surface area contributed by atoms with Crippen LogP contribution in [0.2, 0.25) is 0 Å². The Morgan fingerprint density at radius 3 is 2.10 bits per heavy atom. The van der Waals surface area contributed by atoms with Gasteiger partial charge in [-0.2, -0.15) is 0 Å². The third-order valence-corrected chi connectivity index (χ3v) is 3.81. The molecule has 0 atom stereocenters. The van der Waals surface area contributed by atoms with E-state index in [-0.39, 0.29) is 25.2 Å². The molecule has 0 heterocycles. The zero-order chi connectivity index (χ0) is 15.5. The van der Waals surface area contributed by atoms with Gasteiger partial charge >= 0.3 is 0 Å². The Balaban J connectivity index is 2.40. The lowest BCUT2D eigenvalue weighted by molar-refractivity contribution is 0.115. The molecule has 0 unspecified atom stereocenters. The summed E-state index contributed by atoms with van der Waals surface area (Å²) in [7, 11) is 0. The fourth-order valence-electron chi connectivity index (χ4n) is 2.38. The van der Waals surface area contributed by atoms with Crippen LogP contribution < -0.4 is 0 Å². The molecule has 2 nitrogen and oxygen atoms in total. The van der Waals surface area contributed by atoms with E-state index in [0.29, 0.717) is 0 Å². The zero-order valence-corrected chi connectivity index (χ0v) is 11.8. The predicted molar refractivity (Wildman–Crippen MR) is 77.1 cm³/mol. The molecule has 0 spiro atoms. The van der Waals surface area contributed by atoms with Crippen LogP contribution in [0.15, 0.2) is 42.5 Å². The molecule has 21 heavy (non-hydrogen) atoms. The monoisotopic (exact) mass is 292 g/mol. The molecule has 2 aromatic carbocycles. The van der Waals surface area contributed by atoms with Crippen LogP contribution in [0, 0.1) is 18.6 Å². The van der Waals surface area contributed by atoms with Crippen molar-refractivity contribution in [1.29, 1.82) is 0 Å². The van der Waals surface area contributed by atoms with Gasteiger partial charge < -0.3 is 10.2 Å². The largest absolute Gasteiger partial charge is 0.395 e. The first-order valence-electron chi connectivity index (χ1n) is 6.73. The van der Waals surface area contributed by atoms with Gasteiger partial charge in [-0.3, -0.25) is 0 Å². The molecule has 2 N–H and O–H groups in total. The summed E-state index contributed by atoms with van der Waals surface area (Å²) >= 11 is 0. The average molecular weight is 292 g/mol. The molecule has 4 heteroatoms. The number of hydrogen-bond donors (Lipinski definition) is 2. The molecule has 0 aliphatic heterocycles. The van der Waals surface area contributed by atoms with Gasteiger partial charge in [0.15, 0.2) is 0 Å². The summed E-state index contributed by atoms with van der Waals surface area (Å²) in [6, 6.07) is 10.7. The molecule has 0 saturated carbocycles. The van der Waals surface area contributed by atoms with Crippen molar-refractivity contribution in [1.82, 2.24) is 0 Å². The molecule has 2 aromatic rings. The highest BCUT2D eigenvalue weighted by Gasteiger charge is 2.32. The number of benzene rings is 2. The van der Waals surface area contributed by atoms with E-state index in [1.54, 1.807) is 0 Å². The number of rotatable bonds is 5. The van der Waals surface area contributed by atoms with Crippen molar-refractivity contribution in [2.24, 2.45) is 0 Å². The second-order valence-electron chi connectivity index (χ2n) is 5.38. The van der Waals surface area contributed by atoms with Crippen LogP contribution in [0.5, 0.6) is 0 Å². The van der Waals surface area contributed by atoms with Gasteiger partial charge in [0.25, 0.3) is 0 Å². The fraction of sp³-hybridized carbons (Fsp3) is 0.294. The highest BCUT2D eigenvalue weighted by atomic mass is 19.1. The molecular weight excluding hydrogens is 274 g/mol. The molecule has 0 bridgehead atoms. The zero-order valence-electron chi connectivity index (χ0n) is 11.8. The lowest BCUT2D eigenvalue weighted by Gasteiger charge is -2.31. The van der Waals surface area contributed by atoms with Gasteiger partial charge in [0, 0.05) is 11.5 Å². The maximum absolute atomic E-state index is 13.8. The molecule has 0 saturated heterocycles. The van der Waals surface area contributed by atoms with Gasteiger partial charge in [-0.15, -0.1) is 0 Å². The fourth-order valence-corrected chi connectivity index (χ4v) is 2.38. The smallest absolute Gasteiger partial charge is 0.129 e. The van der Waals surface area contributed by atoms with Crippen molar-refractivity contribution in [3.63, 3.8) is 0 Å². The summed E-state index contributed by atoms with van der Waals surface area (Å²) in [5, 5.41) is 19.5. The van der Waals surface area contributed by atoms with Crippen molar-refractivity contribution >= 4 is 0 Å². The summed E-state index contributed by atoms with van der Waals surface area (Å²) in [5.74, 6) is -1.32. The van der Waals surface area contributed by atoms with E-state index in [1.807, 2.05) is 31.2 Å². The Kier molecular flexibility index (Phi) is 4.70. The number of halogens is 2. The van der Waals surface area contributed by atoms with Crippen LogP contribution in [0.4, 0.5) is 8.78 Å². The van der Waals surface area contributed by atoms with Crippen molar-refractivity contribution in [3.8, 4) is 0 Å². The second-order valence-corrected chi connectivity index (χ2v) is 5.38. The van der Waals surface area contributed by atoms with Gasteiger partial charge in [-0.05, 0) is 30.5 Å². The third-order valence-electron chi connectivity index (χ3n) is 3.81. The first-order valence-corrected chi connectivity index (χ1v) is 6.73. The second kappa shape index (κ2) is 6.33. The number of aryl methyl sites for hydroxylation is 1. The molecule has 0 aliphatic carbocycles. The topological polar surface area (TPSA) is 40.5 Å². The minimum Gasteiger partial charge on any atom is -0.395 e. The van der Waals surface area contributed by atoms with Crippen LogP contribution in [0.1, 0.15) is 16.7 Å². The van der Waals surface area contributed by atoms with Gasteiger partial charge in [-0.1, -0.05) is 35.9 Å². The highest BCUT2D eigenvalue weighted by molar-refractivity contribution is 5.32. The summed E-state index contributed by atoms with van der Waals surface area (Å²) in [5.41, 5.74) is 1.05. The Bertz CT molecular complexity index is 605. The normalized spacial score (nSPS) is 11.7. The van der Waals surface area contributed by atoms with Crippen molar-refractivity contribution in [2.75, 3.05) is 13.2 Å². The molecule has 0 fully saturated rings. The minimum atomic E-state index is -0.994. The van der Waals surface area contributed by atoms with Crippen LogP contribution >= 0.6 is 0 Å². The van der Waals surface area contributed by atoms with E-state index in [9.17, 15) is 19.0 Å². The molecule has 0 amide bonds. The molecule has 0 aromatic heterocycles. The molecule has 2 rings (SSSR count). The Morgan fingerprint density at radius 1 is 0.952 bits per heavy atom. The minimum absolute atomic E-state index is 0.0924. The quantitative estimate of drug-likeness (QED) is 0.889. The van der Waals surface area contributed by atoms with Crippen molar-refractivity contribution < 1.29 is 19.0 Å². The summed E-state index contributed by atoms with van der Waals surface area (Å²) in [6.07, 6.45) is 0.0924. The van der Waals surface area contributed by atoms with E-state index in [0.717, 1.165) is 17.2 Å². The van der Waals surface area contributed by atoms with Gasteiger partial charge in [0.05, 0.1) is 13.2 Å². The Morgan fingerprint density at radius 2 is 1.57 bits per heavy atom. The molecular formula is C17H18F2O2. The van der Waals surface area contributed by atoms with Crippen molar-refractivity contribution in [2.45, 2.75) is 18.8 Å². The third kappa shape index (κ3) is 3.28. The average Bonchev–Trinajstić information content (AvgIpc) is 2.48. The van der Waals surface area contributed by atoms with Gasteiger partial charge in [-0.25, -0.2) is 8.78 Å². The van der Waals surface area contributed by atoms with E-state index in [4.69, 9.17) is 0 Å². The first kappa shape index (κ1) is 15.6. The molecule has 112 valence electrons. The SMILES string of the molecule is Cc1ccc(C(CO)(CO)Cc2ccc(F)cc2F)cc1. The van der Waals surface area contributed by atoms with Gasteiger partial charge in [0.2, 0.25) is 0 Å². The maximum Gasteiger partial charge on any atom is 0.129 e. The van der Waals surface area contributed by atoms with Gasteiger partial charge in [0.1, 0.15) is 11.6 Å². The lowest BCUT2D eigenvalue weighted by atomic mass is 9.76. The maximum atomic E-state index is 13.8. The number of aliphatic hydroxyl groups is 2. The van der Waals surface area contributed by atoms with Crippen LogP contribution in [-0.4, -0.2) is 23.4 Å². The van der Waals surface area contributed by atoms with E-state index >= 15 is 0 Å². The standard InChI is InChI=1S/C17H18F2O2/c1-12-2-5-14(6-3-12)17(10-20,11-21)9-13-4-7-15(18)8-16(13)19/h2-8,20-21H,9-11H2,1H3. The van der Waals surface area contributed by atoms with Crippen LogP contribution in [0.25, 0.3) is 0 Å². The highest BCUT2D eigenvalue weighted by Crippen LogP contribution is 2.29. The number of hydrogen-bond acceptors (Lipinski definition) is 2. The molecule has 0 radical (unpaired) electrons. The van der Waals surface area contributed by atoms with Crippen molar-refractivity contribution in [3.05, 3.63) is 70.8 Å². The predicted octanol–water partition coefficient (Wildman–Crippen LogP) is 2.74. The van der Waals surface area contributed by atoms with E-state index < -0.39 is 17.0 Å². The number of aliphatic hydroxyl groups excluding tert-OH is 2. The Hall–Kier alpha value is -1.78. The summed E-state index contributed by atoms with van der Waals surface area (Å²) < 4.78 is 26.8. The van der Waals surface area contributed by atoms with E-state index in [2.05, 4.69) is 0 Å². The first-order chi connectivity index (χ1) is 10.0. The summed E-state index contributed by atoms with van der Waals surface area (Å²) in [4.78, 5) is 0. The molecule has 0 aliphatic rings.